The van der Waals surface area contributed by atoms with E-state index in [2.05, 4.69) is 38.6 Å². The van der Waals surface area contributed by atoms with Crippen LogP contribution in [0.3, 0.4) is 0 Å². The highest BCUT2D eigenvalue weighted by molar-refractivity contribution is 5.94. The van der Waals surface area contributed by atoms with Crippen LogP contribution in [0, 0.1) is 0 Å². The van der Waals surface area contributed by atoms with Gasteiger partial charge in [-0.2, -0.15) is 0 Å². The molecule has 3 heterocycles. The molecule has 1 amide bonds. The first-order chi connectivity index (χ1) is 13.6. The second-order valence-electron chi connectivity index (χ2n) is 7.90. The molecule has 1 aliphatic rings. The summed E-state index contributed by atoms with van der Waals surface area (Å²) in [6.07, 6.45) is 12.8. The van der Waals surface area contributed by atoms with Gasteiger partial charge in [0.25, 0.3) is 5.91 Å². The number of carbonyl (C=O) groups excluding carboxylic acids is 1. The van der Waals surface area contributed by atoms with Gasteiger partial charge in [-0.25, -0.2) is 9.97 Å². The molecule has 0 spiro atoms. The van der Waals surface area contributed by atoms with E-state index in [-0.39, 0.29) is 5.91 Å². The zero-order valence-corrected chi connectivity index (χ0v) is 17.2. The van der Waals surface area contributed by atoms with E-state index in [1.54, 1.807) is 6.20 Å². The van der Waals surface area contributed by atoms with Gasteiger partial charge in [0.05, 0.1) is 5.56 Å². The van der Waals surface area contributed by atoms with E-state index in [1.165, 1.54) is 32.1 Å². The highest BCUT2D eigenvalue weighted by Gasteiger charge is 2.12. The van der Waals surface area contributed by atoms with Crippen LogP contribution < -0.4 is 10.2 Å². The van der Waals surface area contributed by atoms with Crippen LogP contribution in [0.4, 0.5) is 5.82 Å². The number of hydrogen-bond donors (Lipinski definition) is 1. The van der Waals surface area contributed by atoms with E-state index in [0.717, 1.165) is 37.7 Å². The van der Waals surface area contributed by atoms with Crippen LogP contribution in [0.2, 0.25) is 0 Å². The predicted molar refractivity (Wildman–Crippen MR) is 113 cm³/mol. The molecule has 0 bridgehead atoms. The summed E-state index contributed by atoms with van der Waals surface area (Å²) in [6, 6.07) is 3.88. The van der Waals surface area contributed by atoms with Gasteiger partial charge in [0.1, 0.15) is 11.6 Å². The topological polar surface area (TPSA) is 63.1 Å². The van der Waals surface area contributed by atoms with Gasteiger partial charge in [0.2, 0.25) is 0 Å². The molecule has 0 atom stereocenters. The molecule has 6 nitrogen and oxygen atoms in total. The molecule has 1 saturated heterocycles. The number of anilines is 1. The second-order valence-corrected chi connectivity index (χ2v) is 7.90. The minimum absolute atomic E-state index is 0.0542. The maximum Gasteiger partial charge on any atom is 0.252 e. The van der Waals surface area contributed by atoms with Crippen molar-refractivity contribution in [1.82, 2.24) is 19.9 Å². The fraction of sp³-hybridized carbons (Fsp3) is 0.591. The lowest BCUT2D eigenvalue weighted by Gasteiger charge is -2.25. The minimum atomic E-state index is -0.0542. The molecule has 0 aliphatic carbocycles. The van der Waals surface area contributed by atoms with E-state index in [9.17, 15) is 4.79 Å². The third-order valence-corrected chi connectivity index (χ3v) is 5.32. The largest absolute Gasteiger partial charge is 0.357 e. The Morgan fingerprint density at radius 3 is 2.54 bits per heavy atom. The number of carbonyl (C=O) groups is 1. The van der Waals surface area contributed by atoms with Gasteiger partial charge in [-0.05, 0) is 31.4 Å². The summed E-state index contributed by atoms with van der Waals surface area (Å²) in [5.74, 6) is 2.43. The van der Waals surface area contributed by atoms with Crippen molar-refractivity contribution in [2.75, 3.05) is 24.5 Å². The third kappa shape index (κ3) is 5.57. The number of aromatic nitrogens is 3. The molecule has 2 aromatic heterocycles. The van der Waals surface area contributed by atoms with Gasteiger partial charge < -0.3 is 14.8 Å². The van der Waals surface area contributed by atoms with E-state index < -0.39 is 0 Å². The van der Waals surface area contributed by atoms with E-state index in [4.69, 9.17) is 0 Å². The van der Waals surface area contributed by atoms with Crippen LogP contribution in [-0.2, 0) is 6.54 Å². The summed E-state index contributed by atoms with van der Waals surface area (Å²) < 4.78 is 2.16. The first kappa shape index (κ1) is 20.4. The van der Waals surface area contributed by atoms with Crippen LogP contribution >= 0.6 is 0 Å². The van der Waals surface area contributed by atoms with Gasteiger partial charge in [0.15, 0.2) is 0 Å². The summed E-state index contributed by atoms with van der Waals surface area (Å²) in [7, 11) is 0. The first-order valence-corrected chi connectivity index (χ1v) is 10.7. The highest BCUT2D eigenvalue weighted by atomic mass is 16.1. The van der Waals surface area contributed by atoms with Crippen LogP contribution in [-0.4, -0.2) is 40.1 Å². The summed E-state index contributed by atoms with van der Waals surface area (Å²) in [5, 5.41) is 3.00. The smallest absolute Gasteiger partial charge is 0.252 e. The Morgan fingerprint density at radius 2 is 1.86 bits per heavy atom. The van der Waals surface area contributed by atoms with Gasteiger partial charge in [-0.3, -0.25) is 4.79 Å². The van der Waals surface area contributed by atoms with E-state index >= 15 is 0 Å². The third-order valence-electron chi connectivity index (χ3n) is 5.32. The van der Waals surface area contributed by atoms with Crippen molar-refractivity contribution >= 4 is 11.7 Å². The Labute approximate surface area is 168 Å². The van der Waals surface area contributed by atoms with Crippen molar-refractivity contribution in [2.24, 2.45) is 0 Å². The Bertz CT molecular complexity index is 730. The zero-order valence-electron chi connectivity index (χ0n) is 17.2. The monoisotopic (exact) mass is 383 g/mol. The molecule has 0 radical (unpaired) electrons. The fourth-order valence-electron chi connectivity index (χ4n) is 3.75. The predicted octanol–water partition coefficient (Wildman–Crippen LogP) is 3.99. The van der Waals surface area contributed by atoms with Gasteiger partial charge in [-0.1, -0.05) is 33.1 Å². The summed E-state index contributed by atoms with van der Waals surface area (Å²) >= 11 is 0. The molecule has 2 aromatic rings. The van der Waals surface area contributed by atoms with Crippen LogP contribution in [0.1, 0.15) is 74.5 Å². The average Bonchev–Trinajstić information content (AvgIpc) is 3.14. The van der Waals surface area contributed by atoms with Crippen molar-refractivity contribution in [3.63, 3.8) is 0 Å². The zero-order chi connectivity index (χ0) is 19.8. The number of hydrogen-bond acceptors (Lipinski definition) is 4. The molecular weight excluding hydrogens is 350 g/mol. The number of amides is 1. The van der Waals surface area contributed by atoms with E-state index in [0.29, 0.717) is 18.0 Å². The van der Waals surface area contributed by atoms with Crippen molar-refractivity contribution in [3.05, 3.63) is 42.1 Å². The SMILES string of the molecule is CC(C)c1nccn1CCCNC(=O)c1ccc(N2CCCCCCC2)nc1. The molecule has 1 aliphatic heterocycles. The molecule has 6 heteroatoms. The molecule has 0 saturated carbocycles. The maximum atomic E-state index is 12.4. The van der Waals surface area contributed by atoms with Gasteiger partial charge in [-0.15, -0.1) is 0 Å². The molecule has 152 valence electrons. The summed E-state index contributed by atoms with van der Waals surface area (Å²) in [5.41, 5.74) is 0.626. The van der Waals surface area contributed by atoms with Crippen molar-refractivity contribution in [1.29, 1.82) is 0 Å². The summed E-state index contributed by atoms with van der Waals surface area (Å²) in [4.78, 5) is 23.7. The number of nitrogens with one attached hydrogen (secondary N) is 1. The molecule has 1 fully saturated rings. The Kier molecular flexibility index (Phi) is 7.46. The first-order valence-electron chi connectivity index (χ1n) is 10.7. The lowest BCUT2D eigenvalue weighted by atomic mass is 10.1. The van der Waals surface area contributed by atoms with Crippen LogP contribution in [0.25, 0.3) is 0 Å². The van der Waals surface area contributed by atoms with Crippen molar-refractivity contribution < 1.29 is 4.79 Å². The quantitative estimate of drug-likeness (QED) is 0.734. The van der Waals surface area contributed by atoms with E-state index in [1.807, 2.05) is 24.5 Å². The molecule has 3 rings (SSSR count). The minimum Gasteiger partial charge on any atom is -0.357 e. The van der Waals surface area contributed by atoms with Gasteiger partial charge >= 0.3 is 0 Å². The fourth-order valence-corrected chi connectivity index (χ4v) is 3.75. The van der Waals surface area contributed by atoms with Crippen LogP contribution in [0.5, 0.6) is 0 Å². The standard InChI is InChI=1S/C22H33N5O/c1-18(2)21-23-12-16-27(21)15-8-11-24-22(28)19-9-10-20(25-17-19)26-13-6-4-3-5-7-14-26/h9-10,12,16-18H,3-8,11,13-15H2,1-2H3,(H,24,28). The number of nitrogens with zero attached hydrogens (tertiary/aromatic N) is 4. The number of rotatable bonds is 7. The molecular formula is C22H33N5O. The molecule has 1 N–H and O–H groups in total. The lowest BCUT2D eigenvalue weighted by Crippen LogP contribution is -2.28. The Morgan fingerprint density at radius 1 is 1.11 bits per heavy atom. The highest BCUT2D eigenvalue weighted by Crippen LogP contribution is 2.17. The van der Waals surface area contributed by atoms with Gasteiger partial charge in [0, 0.05) is 50.7 Å². The molecule has 0 unspecified atom stereocenters. The summed E-state index contributed by atoms with van der Waals surface area (Å²) in [6.45, 7) is 7.91. The number of pyridine rings is 1. The normalized spacial score (nSPS) is 15.3. The number of imidazole rings is 1. The second kappa shape index (κ2) is 10.2. The Hall–Kier alpha value is -2.37. The molecule has 28 heavy (non-hydrogen) atoms. The van der Waals surface area contributed by atoms with Crippen molar-refractivity contribution in [3.8, 4) is 0 Å². The number of aryl methyl sites for hydroxylation is 1. The molecule has 0 aromatic carbocycles. The van der Waals surface area contributed by atoms with Crippen LogP contribution in [0.15, 0.2) is 30.7 Å². The maximum absolute atomic E-state index is 12.4. The lowest BCUT2D eigenvalue weighted by molar-refractivity contribution is 0.0952. The average molecular weight is 384 g/mol. The Balaban J connectivity index is 1.46. The van der Waals surface area contributed by atoms with Crippen molar-refractivity contribution in [2.45, 2.75) is 64.8 Å².